The number of imidazole rings is 1. The van der Waals surface area contributed by atoms with E-state index >= 15 is 0 Å². The van der Waals surface area contributed by atoms with Gasteiger partial charge in [-0.3, -0.25) is 4.57 Å². The van der Waals surface area contributed by atoms with Gasteiger partial charge in [-0.1, -0.05) is 42.5 Å². The van der Waals surface area contributed by atoms with Crippen LogP contribution in [0.25, 0.3) is 27.6 Å². The smallest absolute Gasteiger partial charge is 0.232 e. The van der Waals surface area contributed by atoms with Gasteiger partial charge in [0, 0.05) is 17.3 Å². The fourth-order valence-electron chi connectivity index (χ4n) is 3.08. The number of pyridine rings is 1. The molecule has 3 heterocycles. The Morgan fingerprint density at radius 1 is 0.852 bits per heavy atom. The predicted molar refractivity (Wildman–Crippen MR) is 106 cm³/mol. The molecule has 0 unspecified atom stereocenters. The summed E-state index contributed by atoms with van der Waals surface area (Å²) in [5.41, 5.74) is 8.28. The van der Waals surface area contributed by atoms with Gasteiger partial charge in [0.1, 0.15) is 12.1 Å². The zero-order valence-corrected chi connectivity index (χ0v) is 14.2. The molecular formula is C20H15N7. The van der Waals surface area contributed by atoms with E-state index < -0.39 is 0 Å². The number of nitrogens with zero attached hydrogens (tertiary/aromatic N) is 5. The molecule has 0 fully saturated rings. The lowest BCUT2D eigenvalue weighted by Crippen LogP contribution is -2.04. The SMILES string of the molecule is Nc1nc(Nc2nccc3ccccc23)nc2c1ncn2-c1ccccc1. The molecule has 7 nitrogen and oxygen atoms in total. The third kappa shape index (κ3) is 2.62. The zero-order valence-electron chi connectivity index (χ0n) is 14.2. The van der Waals surface area contributed by atoms with Crippen LogP contribution in [-0.2, 0) is 0 Å². The zero-order chi connectivity index (χ0) is 18.2. The monoisotopic (exact) mass is 353 g/mol. The van der Waals surface area contributed by atoms with Crippen molar-refractivity contribution in [1.29, 1.82) is 0 Å². The van der Waals surface area contributed by atoms with Gasteiger partial charge in [0.15, 0.2) is 17.0 Å². The third-order valence-corrected chi connectivity index (χ3v) is 4.36. The average Bonchev–Trinajstić information content (AvgIpc) is 3.13. The largest absolute Gasteiger partial charge is 0.382 e. The number of fused-ring (bicyclic) bond motifs is 2. The molecule has 0 amide bonds. The standard InChI is InChI=1S/C20H15N7/c21-17-16-19(27(12-23-16)14-7-2-1-3-8-14)26-20(24-17)25-18-15-9-5-4-6-13(15)10-11-22-18/h1-12H,(H3,21,22,24,25,26). The van der Waals surface area contributed by atoms with Gasteiger partial charge in [0.05, 0.1) is 0 Å². The highest BCUT2D eigenvalue weighted by Crippen LogP contribution is 2.25. The van der Waals surface area contributed by atoms with E-state index in [0.29, 0.717) is 28.7 Å². The number of rotatable bonds is 3. The first kappa shape index (κ1) is 15.3. The fraction of sp³-hybridized carbons (Fsp3) is 0. The molecule has 0 aliphatic carbocycles. The highest BCUT2D eigenvalue weighted by Gasteiger charge is 2.13. The van der Waals surface area contributed by atoms with Gasteiger partial charge in [-0.2, -0.15) is 9.97 Å². The molecule has 0 aliphatic heterocycles. The number of nitrogens with one attached hydrogen (secondary N) is 1. The van der Waals surface area contributed by atoms with Crippen LogP contribution in [0.2, 0.25) is 0 Å². The lowest BCUT2D eigenvalue weighted by Gasteiger charge is -2.09. The summed E-state index contributed by atoms with van der Waals surface area (Å²) in [6.45, 7) is 0. The molecule has 0 atom stereocenters. The van der Waals surface area contributed by atoms with E-state index in [4.69, 9.17) is 5.73 Å². The quantitative estimate of drug-likeness (QED) is 0.514. The van der Waals surface area contributed by atoms with Crippen LogP contribution in [0.1, 0.15) is 0 Å². The van der Waals surface area contributed by atoms with Crippen molar-refractivity contribution in [3.05, 3.63) is 73.2 Å². The van der Waals surface area contributed by atoms with Crippen molar-refractivity contribution in [3.8, 4) is 5.69 Å². The molecule has 5 rings (SSSR count). The van der Waals surface area contributed by atoms with Crippen molar-refractivity contribution in [2.75, 3.05) is 11.1 Å². The number of aromatic nitrogens is 5. The summed E-state index contributed by atoms with van der Waals surface area (Å²) in [4.78, 5) is 17.8. The number of hydrogen-bond donors (Lipinski definition) is 2. The minimum absolute atomic E-state index is 0.317. The molecule has 0 radical (unpaired) electrons. The Balaban J connectivity index is 1.64. The van der Waals surface area contributed by atoms with Gasteiger partial charge in [-0.05, 0) is 23.6 Å². The Kier molecular flexibility index (Phi) is 3.43. The van der Waals surface area contributed by atoms with Crippen LogP contribution in [0.5, 0.6) is 0 Å². The van der Waals surface area contributed by atoms with Crippen molar-refractivity contribution in [3.63, 3.8) is 0 Å². The summed E-state index contributed by atoms with van der Waals surface area (Å²) in [6, 6.07) is 19.8. The number of hydrogen-bond acceptors (Lipinski definition) is 6. The third-order valence-electron chi connectivity index (χ3n) is 4.36. The summed E-state index contributed by atoms with van der Waals surface area (Å²) in [5, 5.41) is 5.26. The maximum Gasteiger partial charge on any atom is 0.232 e. The second-order valence-electron chi connectivity index (χ2n) is 6.06. The average molecular weight is 353 g/mol. The van der Waals surface area contributed by atoms with Crippen LogP contribution in [0.3, 0.4) is 0 Å². The molecule has 7 heteroatoms. The van der Waals surface area contributed by atoms with E-state index in [1.165, 1.54) is 0 Å². The lowest BCUT2D eigenvalue weighted by atomic mass is 10.1. The lowest BCUT2D eigenvalue weighted by molar-refractivity contribution is 1.06. The van der Waals surface area contributed by atoms with Gasteiger partial charge in [0.2, 0.25) is 5.95 Å². The Morgan fingerprint density at radius 3 is 2.56 bits per heavy atom. The first-order chi connectivity index (χ1) is 13.3. The van der Waals surface area contributed by atoms with Crippen molar-refractivity contribution in [2.24, 2.45) is 0 Å². The molecule has 130 valence electrons. The molecule has 0 bridgehead atoms. The molecule has 0 aliphatic rings. The summed E-state index contributed by atoms with van der Waals surface area (Å²) in [7, 11) is 0. The van der Waals surface area contributed by atoms with Gasteiger partial charge >= 0.3 is 0 Å². The minimum atomic E-state index is 0.317. The van der Waals surface area contributed by atoms with Crippen LogP contribution in [0, 0.1) is 0 Å². The van der Waals surface area contributed by atoms with E-state index in [9.17, 15) is 0 Å². The molecule has 0 saturated heterocycles. The first-order valence-electron chi connectivity index (χ1n) is 8.46. The van der Waals surface area contributed by atoms with Crippen LogP contribution >= 0.6 is 0 Å². The number of para-hydroxylation sites is 1. The number of anilines is 3. The first-order valence-corrected chi connectivity index (χ1v) is 8.46. The van der Waals surface area contributed by atoms with Crippen molar-refractivity contribution in [2.45, 2.75) is 0 Å². The van der Waals surface area contributed by atoms with Crippen LogP contribution < -0.4 is 11.1 Å². The molecule has 5 aromatic rings. The Hall–Kier alpha value is -4.00. The Morgan fingerprint density at radius 2 is 1.67 bits per heavy atom. The van der Waals surface area contributed by atoms with E-state index in [1.54, 1.807) is 12.5 Å². The van der Waals surface area contributed by atoms with Crippen LogP contribution in [-0.4, -0.2) is 24.5 Å². The predicted octanol–water partition coefficient (Wildman–Crippen LogP) is 3.69. The summed E-state index contributed by atoms with van der Waals surface area (Å²) in [5.74, 6) is 1.37. The van der Waals surface area contributed by atoms with E-state index in [0.717, 1.165) is 16.5 Å². The summed E-state index contributed by atoms with van der Waals surface area (Å²) in [6.07, 6.45) is 3.45. The highest BCUT2D eigenvalue weighted by molar-refractivity contribution is 5.93. The Labute approximate surface area is 154 Å². The highest BCUT2D eigenvalue weighted by atomic mass is 15.2. The minimum Gasteiger partial charge on any atom is -0.382 e. The van der Waals surface area contributed by atoms with E-state index in [1.807, 2.05) is 65.2 Å². The molecule has 3 aromatic heterocycles. The number of nitrogens with two attached hydrogens (primary N) is 1. The molecule has 0 spiro atoms. The maximum absolute atomic E-state index is 6.13. The summed E-state index contributed by atoms with van der Waals surface area (Å²) < 4.78 is 1.88. The molecule has 27 heavy (non-hydrogen) atoms. The van der Waals surface area contributed by atoms with Crippen molar-refractivity contribution in [1.82, 2.24) is 24.5 Å². The van der Waals surface area contributed by atoms with E-state index in [2.05, 4.69) is 25.3 Å². The van der Waals surface area contributed by atoms with Gasteiger partial charge in [-0.15, -0.1) is 0 Å². The van der Waals surface area contributed by atoms with E-state index in [-0.39, 0.29) is 0 Å². The number of nitrogen functional groups attached to an aromatic ring is 1. The van der Waals surface area contributed by atoms with Gasteiger partial charge in [-0.25, -0.2) is 9.97 Å². The van der Waals surface area contributed by atoms with Crippen molar-refractivity contribution < 1.29 is 0 Å². The number of benzene rings is 2. The topological polar surface area (TPSA) is 94.5 Å². The van der Waals surface area contributed by atoms with Crippen molar-refractivity contribution >= 4 is 39.5 Å². The maximum atomic E-state index is 6.13. The molecular weight excluding hydrogens is 338 g/mol. The fourth-order valence-corrected chi connectivity index (χ4v) is 3.08. The molecule has 3 N–H and O–H groups in total. The summed E-state index contributed by atoms with van der Waals surface area (Å²) >= 11 is 0. The second-order valence-corrected chi connectivity index (χ2v) is 6.06. The second kappa shape index (κ2) is 6.06. The molecule has 2 aromatic carbocycles. The normalized spacial score (nSPS) is 11.1. The van der Waals surface area contributed by atoms with Crippen LogP contribution in [0.15, 0.2) is 73.2 Å². The van der Waals surface area contributed by atoms with Gasteiger partial charge < -0.3 is 11.1 Å². The Bertz CT molecular complexity index is 1260. The van der Waals surface area contributed by atoms with Gasteiger partial charge in [0.25, 0.3) is 0 Å². The molecule has 0 saturated carbocycles. The van der Waals surface area contributed by atoms with Crippen LogP contribution in [0.4, 0.5) is 17.6 Å².